The maximum atomic E-state index is 12.7. The molecule has 0 spiro atoms. The van der Waals surface area contributed by atoms with Crippen molar-refractivity contribution in [3.8, 4) is 0 Å². The predicted octanol–water partition coefficient (Wildman–Crippen LogP) is 3.86. The Morgan fingerprint density at radius 2 is 2.13 bits per heavy atom. The number of aryl methyl sites for hydroxylation is 2. The van der Waals surface area contributed by atoms with E-state index in [1.165, 1.54) is 5.56 Å². The molecule has 1 amide bonds. The molecule has 3 rings (SSSR count). The van der Waals surface area contributed by atoms with Gasteiger partial charge in [0.15, 0.2) is 5.69 Å². The van der Waals surface area contributed by atoms with E-state index in [0.29, 0.717) is 11.7 Å². The minimum atomic E-state index is 0.0201. The minimum Gasteiger partial charge on any atom is -0.361 e. The van der Waals surface area contributed by atoms with Gasteiger partial charge in [0.1, 0.15) is 5.76 Å². The fourth-order valence-corrected chi connectivity index (χ4v) is 3.31. The van der Waals surface area contributed by atoms with Gasteiger partial charge in [0.25, 0.3) is 5.91 Å². The van der Waals surface area contributed by atoms with E-state index in [4.69, 9.17) is 4.52 Å². The molecule has 122 valence electrons. The van der Waals surface area contributed by atoms with Gasteiger partial charge < -0.3 is 9.42 Å². The predicted molar refractivity (Wildman–Crippen MR) is 89.3 cm³/mol. The van der Waals surface area contributed by atoms with Crippen molar-refractivity contribution in [2.24, 2.45) is 0 Å². The Kier molecular flexibility index (Phi) is 5.11. The fourth-order valence-electron chi connectivity index (χ4n) is 3.31. The van der Waals surface area contributed by atoms with Gasteiger partial charge in [-0.3, -0.25) is 4.79 Å². The summed E-state index contributed by atoms with van der Waals surface area (Å²) in [5, 5.41) is 3.97. The van der Waals surface area contributed by atoms with Crippen LogP contribution in [0, 0.1) is 0 Å². The Morgan fingerprint density at radius 3 is 2.91 bits per heavy atom. The second kappa shape index (κ2) is 7.44. The standard InChI is InChI=1S/C19H24N2O2/c1-2-7-17-14-18(20-23-17)19(22)21-13-6-10-16(21)12-11-15-8-4-3-5-9-15/h3-5,8-9,14,16H,2,6-7,10-13H2,1H3/t16-/m1/s1. The van der Waals surface area contributed by atoms with Crippen LogP contribution in [0.4, 0.5) is 0 Å². The molecule has 0 N–H and O–H groups in total. The molecule has 0 radical (unpaired) electrons. The van der Waals surface area contributed by atoms with Crippen LogP contribution in [-0.2, 0) is 12.8 Å². The highest BCUT2D eigenvalue weighted by Crippen LogP contribution is 2.24. The molecule has 0 saturated carbocycles. The molecule has 1 aromatic heterocycles. The number of benzene rings is 1. The molecular weight excluding hydrogens is 288 g/mol. The third-order valence-corrected chi connectivity index (χ3v) is 4.52. The first-order valence-electron chi connectivity index (χ1n) is 8.58. The van der Waals surface area contributed by atoms with E-state index in [-0.39, 0.29) is 5.91 Å². The highest BCUT2D eigenvalue weighted by molar-refractivity contribution is 5.92. The van der Waals surface area contributed by atoms with Gasteiger partial charge >= 0.3 is 0 Å². The molecule has 23 heavy (non-hydrogen) atoms. The van der Waals surface area contributed by atoms with Crippen LogP contribution in [0.5, 0.6) is 0 Å². The van der Waals surface area contributed by atoms with Crippen LogP contribution < -0.4 is 0 Å². The topological polar surface area (TPSA) is 46.3 Å². The van der Waals surface area contributed by atoms with Crippen LogP contribution in [0.15, 0.2) is 40.9 Å². The van der Waals surface area contributed by atoms with Crippen molar-refractivity contribution in [2.45, 2.75) is 51.5 Å². The molecule has 0 bridgehead atoms. The van der Waals surface area contributed by atoms with E-state index in [0.717, 1.165) is 50.8 Å². The Hall–Kier alpha value is -2.10. The zero-order valence-corrected chi connectivity index (χ0v) is 13.7. The van der Waals surface area contributed by atoms with E-state index in [1.807, 2.05) is 11.0 Å². The molecule has 1 aromatic carbocycles. The van der Waals surface area contributed by atoms with E-state index >= 15 is 0 Å². The van der Waals surface area contributed by atoms with Crippen molar-refractivity contribution in [2.75, 3.05) is 6.54 Å². The van der Waals surface area contributed by atoms with Crippen LogP contribution >= 0.6 is 0 Å². The van der Waals surface area contributed by atoms with Gasteiger partial charge in [-0.2, -0.15) is 0 Å². The summed E-state index contributed by atoms with van der Waals surface area (Å²) in [7, 11) is 0. The van der Waals surface area contributed by atoms with Gasteiger partial charge in [-0.1, -0.05) is 42.4 Å². The van der Waals surface area contributed by atoms with Crippen molar-refractivity contribution in [1.29, 1.82) is 0 Å². The number of rotatable bonds is 6. The highest BCUT2D eigenvalue weighted by Gasteiger charge is 2.30. The van der Waals surface area contributed by atoms with Crippen molar-refractivity contribution < 1.29 is 9.32 Å². The summed E-state index contributed by atoms with van der Waals surface area (Å²) in [4.78, 5) is 14.7. The number of carbonyl (C=O) groups is 1. The molecule has 0 unspecified atom stereocenters. The quantitative estimate of drug-likeness (QED) is 0.813. The Bertz CT molecular complexity index is 636. The number of hydrogen-bond donors (Lipinski definition) is 0. The largest absolute Gasteiger partial charge is 0.361 e. The van der Waals surface area contributed by atoms with Gasteiger partial charge in [0, 0.05) is 25.1 Å². The van der Waals surface area contributed by atoms with E-state index < -0.39 is 0 Å². The zero-order chi connectivity index (χ0) is 16.1. The Balaban J connectivity index is 1.62. The van der Waals surface area contributed by atoms with Gasteiger partial charge in [-0.25, -0.2) is 0 Å². The molecular formula is C19H24N2O2. The van der Waals surface area contributed by atoms with Crippen LogP contribution in [0.3, 0.4) is 0 Å². The first-order chi connectivity index (χ1) is 11.3. The third-order valence-electron chi connectivity index (χ3n) is 4.52. The SMILES string of the molecule is CCCc1cc(C(=O)N2CCC[C@@H]2CCc2ccccc2)no1. The van der Waals surface area contributed by atoms with Crippen molar-refractivity contribution in [3.05, 3.63) is 53.4 Å². The number of carbonyl (C=O) groups excluding carboxylic acids is 1. The Morgan fingerprint density at radius 1 is 1.30 bits per heavy atom. The first kappa shape index (κ1) is 15.8. The molecule has 1 fully saturated rings. The molecule has 2 heterocycles. The van der Waals surface area contributed by atoms with E-state index in [1.54, 1.807) is 6.07 Å². The smallest absolute Gasteiger partial charge is 0.276 e. The summed E-state index contributed by atoms with van der Waals surface area (Å²) < 4.78 is 5.25. The monoisotopic (exact) mass is 312 g/mol. The lowest BCUT2D eigenvalue weighted by Gasteiger charge is -2.23. The second-order valence-electron chi connectivity index (χ2n) is 6.25. The van der Waals surface area contributed by atoms with Gasteiger partial charge in [-0.15, -0.1) is 0 Å². The summed E-state index contributed by atoms with van der Waals surface area (Å²) in [6.07, 6.45) is 6.00. The number of aromatic nitrogens is 1. The average molecular weight is 312 g/mol. The highest BCUT2D eigenvalue weighted by atomic mass is 16.5. The lowest BCUT2D eigenvalue weighted by Crippen LogP contribution is -2.36. The van der Waals surface area contributed by atoms with E-state index in [2.05, 4.69) is 36.3 Å². The fraction of sp³-hybridized carbons (Fsp3) is 0.474. The molecule has 1 aliphatic heterocycles. The maximum Gasteiger partial charge on any atom is 0.276 e. The summed E-state index contributed by atoms with van der Waals surface area (Å²) in [5.74, 6) is 0.822. The molecule has 4 heteroatoms. The number of amides is 1. The van der Waals surface area contributed by atoms with Crippen LogP contribution in [0.1, 0.15) is 54.4 Å². The molecule has 1 saturated heterocycles. The minimum absolute atomic E-state index is 0.0201. The molecule has 1 aliphatic rings. The third kappa shape index (κ3) is 3.81. The van der Waals surface area contributed by atoms with Crippen molar-refractivity contribution in [1.82, 2.24) is 10.1 Å². The van der Waals surface area contributed by atoms with Crippen molar-refractivity contribution >= 4 is 5.91 Å². The van der Waals surface area contributed by atoms with Crippen molar-refractivity contribution in [3.63, 3.8) is 0 Å². The van der Waals surface area contributed by atoms with Crippen LogP contribution in [-0.4, -0.2) is 28.6 Å². The zero-order valence-electron chi connectivity index (χ0n) is 13.7. The lowest BCUT2D eigenvalue weighted by molar-refractivity contribution is 0.0720. The molecule has 1 atom stereocenters. The maximum absolute atomic E-state index is 12.7. The first-order valence-corrected chi connectivity index (χ1v) is 8.58. The number of likely N-dealkylation sites (tertiary alicyclic amines) is 1. The summed E-state index contributed by atoms with van der Waals surface area (Å²) in [5.41, 5.74) is 1.79. The Labute approximate surface area is 137 Å². The molecule has 0 aliphatic carbocycles. The summed E-state index contributed by atoms with van der Waals surface area (Å²) >= 11 is 0. The lowest BCUT2D eigenvalue weighted by atomic mass is 10.0. The second-order valence-corrected chi connectivity index (χ2v) is 6.25. The normalized spacial score (nSPS) is 17.6. The molecule has 4 nitrogen and oxygen atoms in total. The van der Waals surface area contributed by atoms with Crippen LogP contribution in [0.2, 0.25) is 0 Å². The number of hydrogen-bond acceptors (Lipinski definition) is 3. The van der Waals surface area contributed by atoms with Gasteiger partial charge in [0.05, 0.1) is 0 Å². The van der Waals surface area contributed by atoms with Crippen LogP contribution in [0.25, 0.3) is 0 Å². The van der Waals surface area contributed by atoms with Gasteiger partial charge in [0.2, 0.25) is 0 Å². The summed E-state index contributed by atoms with van der Waals surface area (Å²) in [6, 6.07) is 12.6. The van der Waals surface area contributed by atoms with E-state index in [9.17, 15) is 4.79 Å². The van der Waals surface area contributed by atoms with Gasteiger partial charge in [-0.05, 0) is 37.7 Å². The molecule has 2 aromatic rings. The average Bonchev–Trinajstić information content (AvgIpc) is 3.23. The summed E-state index contributed by atoms with van der Waals surface area (Å²) in [6.45, 7) is 2.92. The number of nitrogens with zero attached hydrogens (tertiary/aromatic N) is 2.